The van der Waals surface area contributed by atoms with Gasteiger partial charge in [0.2, 0.25) is 0 Å². The molecule has 2 aromatic carbocycles. The summed E-state index contributed by atoms with van der Waals surface area (Å²) in [5.74, 6) is 1.40. The van der Waals surface area contributed by atoms with Crippen molar-refractivity contribution >= 4 is 58.9 Å². The number of rotatable bonds is 2. The van der Waals surface area contributed by atoms with Crippen molar-refractivity contribution in [1.82, 2.24) is 4.90 Å². The third-order valence-electron chi connectivity index (χ3n) is 5.45. The van der Waals surface area contributed by atoms with Gasteiger partial charge in [0.1, 0.15) is 0 Å². The number of benzene rings is 2. The zero-order valence-electron chi connectivity index (χ0n) is 17.2. The van der Waals surface area contributed by atoms with Crippen molar-refractivity contribution in [3.05, 3.63) is 58.6 Å². The van der Waals surface area contributed by atoms with Crippen LogP contribution in [0.5, 0.6) is 0 Å². The number of amidine groups is 1. The summed E-state index contributed by atoms with van der Waals surface area (Å²) in [4.78, 5) is 7.04. The van der Waals surface area contributed by atoms with E-state index in [9.17, 15) is 0 Å². The van der Waals surface area contributed by atoms with Gasteiger partial charge in [0.05, 0.1) is 5.84 Å². The van der Waals surface area contributed by atoms with Crippen LogP contribution in [0.15, 0.2) is 47.5 Å². The van der Waals surface area contributed by atoms with Crippen molar-refractivity contribution in [3.8, 4) is 0 Å². The zero-order chi connectivity index (χ0) is 20.9. The summed E-state index contributed by atoms with van der Waals surface area (Å²) in [5, 5.41) is 0.720. The average molecular weight is 649 g/mol. The first-order valence-corrected chi connectivity index (χ1v) is 22.7. The van der Waals surface area contributed by atoms with Crippen LogP contribution >= 0.6 is 28.6 Å². The molecule has 0 aliphatic carbocycles. The molecular formula is C23H29BiCl3N2. The molecular weight excluding hydrogens is 620 g/mol. The van der Waals surface area contributed by atoms with Crippen molar-refractivity contribution < 1.29 is 0 Å². The van der Waals surface area contributed by atoms with Gasteiger partial charge >= 0.3 is 126 Å². The summed E-state index contributed by atoms with van der Waals surface area (Å²) in [6.45, 7) is 7.67. The zero-order valence-corrected chi connectivity index (χ0v) is 22.9. The van der Waals surface area contributed by atoms with Gasteiger partial charge in [-0.15, -0.1) is 0 Å². The van der Waals surface area contributed by atoms with Crippen molar-refractivity contribution in [2.75, 3.05) is 19.6 Å². The van der Waals surface area contributed by atoms with E-state index in [1.807, 2.05) is 43.3 Å². The van der Waals surface area contributed by atoms with Crippen LogP contribution in [0.3, 0.4) is 0 Å². The van der Waals surface area contributed by atoms with Crippen LogP contribution in [0.2, 0.25) is 5.02 Å². The van der Waals surface area contributed by atoms with Gasteiger partial charge in [-0.3, -0.25) is 4.99 Å². The van der Waals surface area contributed by atoms with Gasteiger partial charge in [-0.25, -0.2) is 0 Å². The molecule has 1 saturated heterocycles. The molecule has 0 aromatic heterocycles. The third kappa shape index (κ3) is 6.10. The summed E-state index contributed by atoms with van der Waals surface area (Å²) in [6, 6.07) is 13.9. The van der Waals surface area contributed by atoms with E-state index in [2.05, 4.69) is 22.9 Å². The molecule has 0 saturated carbocycles. The quantitative estimate of drug-likeness (QED) is 0.385. The number of hydrogen-bond donors (Lipinski definition) is 0. The molecule has 157 valence electrons. The first-order chi connectivity index (χ1) is 13.9. The van der Waals surface area contributed by atoms with Crippen molar-refractivity contribution in [2.45, 2.75) is 46.0 Å². The fraction of sp³-hybridized carbons (Fsp3) is 0.435. The SMILES string of the molecule is C1CCC2=NCCCN2CC1.Cc1cccc[c]1[Bi]([Cl])([Cl])[c]1ccc(Cl)cc1C. The second kappa shape index (κ2) is 10.8. The number of aliphatic imine (C=N–C) groups is 1. The number of aryl methyl sites for hydroxylation is 2. The van der Waals surface area contributed by atoms with Crippen LogP contribution in [0, 0.1) is 13.8 Å². The van der Waals surface area contributed by atoms with Crippen LogP contribution in [-0.4, -0.2) is 48.2 Å². The monoisotopic (exact) mass is 647 g/mol. The second-order valence-corrected chi connectivity index (χ2v) is 26.3. The first-order valence-electron chi connectivity index (χ1n) is 10.3. The van der Waals surface area contributed by atoms with Gasteiger partial charge < -0.3 is 4.90 Å². The first kappa shape index (κ1) is 23.3. The van der Waals surface area contributed by atoms with E-state index >= 15 is 0 Å². The molecule has 0 N–H and O–H groups in total. The van der Waals surface area contributed by atoms with Crippen LogP contribution in [0.25, 0.3) is 0 Å². The van der Waals surface area contributed by atoms with Crippen LogP contribution in [0.1, 0.15) is 43.2 Å². The van der Waals surface area contributed by atoms with E-state index in [1.54, 1.807) is 0 Å². The number of hydrogen-bond acceptors (Lipinski definition) is 2. The molecule has 0 atom stereocenters. The van der Waals surface area contributed by atoms with Gasteiger partial charge in [-0.05, 0) is 19.3 Å². The van der Waals surface area contributed by atoms with Gasteiger partial charge in [0, 0.05) is 26.1 Å². The van der Waals surface area contributed by atoms with Crippen LogP contribution in [-0.2, 0) is 0 Å². The van der Waals surface area contributed by atoms with E-state index in [0.29, 0.717) is 0 Å². The van der Waals surface area contributed by atoms with Crippen LogP contribution < -0.4 is 6.54 Å². The number of halogens is 3. The molecule has 29 heavy (non-hydrogen) atoms. The molecule has 2 aliphatic rings. The molecule has 1 fully saturated rings. The average Bonchev–Trinajstić information content (AvgIpc) is 2.94. The molecule has 0 spiro atoms. The predicted octanol–water partition coefficient (Wildman–Crippen LogP) is 5.66. The summed E-state index contributed by atoms with van der Waals surface area (Å²) in [5.41, 5.74) is 2.24. The van der Waals surface area contributed by atoms with E-state index < -0.39 is 17.9 Å². The van der Waals surface area contributed by atoms with Crippen molar-refractivity contribution in [3.63, 3.8) is 0 Å². The summed E-state index contributed by atoms with van der Waals surface area (Å²) in [7, 11) is 13.6. The molecule has 0 amide bonds. The fourth-order valence-electron chi connectivity index (χ4n) is 3.88. The van der Waals surface area contributed by atoms with E-state index in [-0.39, 0.29) is 0 Å². The molecule has 0 bridgehead atoms. The Labute approximate surface area is 191 Å². The second-order valence-electron chi connectivity index (χ2n) is 7.68. The van der Waals surface area contributed by atoms with Gasteiger partial charge in [-0.1, -0.05) is 6.42 Å². The third-order valence-corrected chi connectivity index (χ3v) is 20.7. The Morgan fingerprint density at radius 2 is 1.59 bits per heavy atom. The standard InChI is InChI=1S/C9H16N2.C7H6Cl.C7H7.Bi.2ClH/c1-2-5-9-10-6-4-8-11(9)7-3-1;1-6-3-2-4-7(8)5-6;1-7-5-3-2-4-6-7;;;/h1-8H2;2,4-5H,1H3;2-5H,1H3;;2*1H/q;;;+2;;/p-2. The molecule has 0 unspecified atom stereocenters. The van der Waals surface area contributed by atoms with Gasteiger partial charge in [0.25, 0.3) is 0 Å². The maximum atomic E-state index is 6.79. The summed E-state index contributed by atoms with van der Waals surface area (Å²) < 4.78 is 2.20. The van der Waals surface area contributed by atoms with Gasteiger partial charge in [0.15, 0.2) is 0 Å². The minimum absolute atomic E-state index is 0.720. The Bertz CT molecular complexity index is 867. The van der Waals surface area contributed by atoms with Crippen molar-refractivity contribution in [1.29, 1.82) is 0 Å². The van der Waals surface area contributed by atoms with E-state index in [4.69, 9.17) is 28.6 Å². The normalized spacial score (nSPS) is 16.9. The summed E-state index contributed by atoms with van der Waals surface area (Å²) >= 11 is 2.41. The molecule has 4 rings (SSSR count). The van der Waals surface area contributed by atoms with E-state index in [0.717, 1.165) is 29.2 Å². The predicted molar refractivity (Wildman–Crippen MR) is 131 cm³/mol. The fourth-order valence-corrected chi connectivity index (χ4v) is 17.8. The molecule has 2 nitrogen and oxygen atoms in total. The maximum absolute atomic E-state index is 6.79. The molecule has 2 heterocycles. The topological polar surface area (TPSA) is 15.6 Å². The minimum atomic E-state index is -3.58. The number of fused-ring (bicyclic) bond motifs is 1. The Morgan fingerprint density at radius 3 is 2.34 bits per heavy atom. The Morgan fingerprint density at radius 1 is 0.862 bits per heavy atom. The van der Waals surface area contributed by atoms with E-state index in [1.165, 1.54) is 51.0 Å². The van der Waals surface area contributed by atoms with Crippen LogP contribution in [0.4, 0.5) is 0 Å². The van der Waals surface area contributed by atoms with Gasteiger partial charge in [-0.2, -0.15) is 0 Å². The molecule has 6 heteroatoms. The molecule has 2 aliphatic heterocycles. The van der Waals surface area contributed by atoms with Crippen molar-refractivity contribution in [2.24, 2.45) is 4.99 Å². The Balaban J connectivity index is 0.000000186. The number of nitrogens with zero attached hydrogens (tertiary/aromatic N) is 2. The molecule has 1 radical (unpaired) electrons. The Hall–Kier alpha value is -0.337. The molecule has 2 aromatic rings. The Kier molecular flexibility index (Phi) is 8.69. The summed E-state index contributed by atoms with van der Waals surface area (Å²) in [6.07, 6.45) is 6.63.